The SMILES string of the molecule is Cc1cccc(-c2noc(-c3cc(-c4ccccc4)c(C)s3)n2)c1. The average Bonchev–Trinajstić information content (AvgIpc) is 3.22. The summed E-state index contributed by atoms with van der Waals surface area (Å²) in [5, 5.41) is 4.14. The number of hydrogen-bond donors (Lipinski definition) is 0. The van der Waals surface area contributed by atoms with Crippen molar-refractivity contribution in [1.82, 2.24) is 10.1 Å². The van der Waals surface area contributed by atoms with Crippen molar-refractivity contribution in [3.8, 4) is 33.3 Å². The van der Waals surface area contributed by atoms with Crippen molar-refractivity contribution in [2.75, 3.05) is 0 Å². The minimum Gasteiger partial charge on any atom is -0.333 e. The summed E-state index contributed by atoms with van der Waals surface area (Å²) in [4.78, 5) is 6.81. The molecule has 0 aliphatic rings. The zero-order valence-corrected chi connectivity index (χ0v) is 14.3. The van der Waals surface area contributed by atoms with Crippen LogP contribution < -0.4 is 0 Å². The van der Waals surface area contributed by atoms with Gasteiger partial charge in [0.15, 0.2) is 0 Å². The molecule has 0 spiro atoms. The van der Waals surface area contributed by atoms with Crippen molar-refractivity contribution in [2.45, 2.75) is 13.8 Å². The highest BCUT2D eigenvalue weighted by Crippen LogP contribution is 2.36. The summed E-state index contributed by atoms with van der Waals surface area (Å²) in [7, 11) is 0. The fourth-order valence-electron chi connectivity index (χ4n) is 2.72. The molecule has 4 heteroatoms. The summed E-state index contributed by atoms with van der Waals surface area (Å²) in [6.07, 6.45) is 0. The van der Waals surface area contributed by atoms with Gasteiger partial charge in [0.2, 0.25) is 5.82 Å². The highest BCUT2D eigenvalue weighted by molar-refractivity contribution is 7.15. The van der Waals surface area contributed by atoms with E-state index in [1.165, 1.54) is 21.6 Å². The van der Waals surface area contributed by atoms with E-state index in [1.54, 1.807) is 11.3 Å². The summed E-state index contributed by atoms with van der Waals surface area (Å²) >= 11 is 1.68. The van der Waals surface area contributed by atoms with Gasteiger partial charge in [-0.15, -0.1) is 11.3 Å². The minimum absolute atomic E-state index is 0.571. The predicted octanol–water partition coefficient (Wildman–Crippen LogP) is 5.75. The van der Waals surface area contributed by atoms with Gasteiger partial charge in [0.1, 0.15) is 0 Å². The summed E-state index contributed by atoms with van der Waals surface area (Å²) in [6.45, 7) is 4.17. The van der Waals surface area contributed by atoms with E-state index in [0.29, 0.717) is 11.7 Å². The number of nitrogens with zero attached hydrogens (tertiary/aromatic N) is 2. The number of aromatic nitrogens is 2. The number of aryl methyl sites for hydroxylation is 2. The maximum atomic E-state index is 5.50. The van der Waals surface area contributed by atoms with Crippen molar-refractivity contribution in [3.05, 3.63) is 71.1 Å². The molecule has 0 radical (unpaired) electrons. The standard InChI is InChI=1S/C20H16N2OS/c1-13-7-6-10-16(11-13)19-21-20(23-22-19)18-12-17(14(2)24-18)15-8-4-3-5-9-15/h3-12H,1-2H3. The minimum atomic E-state index is 0.571. The Labute approximate surface area is 144 Å². The first kappa shape index (κ1) is 14.8. The van der Waals surface area contributed by atoms with Gasteiger partial charge in [0.05, 0.1) is 4.88 Å². The Hall–Kier alpha value is -2.72. The van der Waals surface area contributed by atoms with E-state index in [1.807, 2.05) is 18.2 Å². The van der Waals surface area contributed by atoms with Gasteiger partial charge in [-0.1, -0.05) is 59.3 Å². The lowest BCUT2D eigenvalue weighted by Gasteiger charge is -1.97. The van der Waals surface area contributed by atoms with Crippen molar-refractivity contribution in [3.63, 3.8) is 0 Å². The zero-order chi connectivity index (χ0) is 16.5. The third kappa shape index (κ3) is 2.76. The van der Waals surface area contributed by atoms with E-state index in [9.17, 15) is 0 Å². The van der Waals surface area contributed by atoms with Crippen LogP contribution >= 0.6 is 11.3 Å². The van der Waals surface area contributed by atoms with Crippen molar-refractivity contribution < 1.29 is 4.52 Å². The molecule has 118 valence electrons. The van der Waals surface area contributed by atoms with Crippen molar-refractivity contribution in [1.29, 1.82) is 0 Å². The van der Waals surface area contributed by atoms with Gasteiger partial charge in [-0.2, -0.15) is 4.98 Å². The highest BCUT2D eigenvalue weighted by atomic mass is 32.1. The maximum Gasteiger partial charge on any atom is 0.268 e. The molecule has 4 rings (SSSR count). The molecule has 0 N–H and O–H groups in total. The first-order chi connectivity index (χ1) is 11.7. The number of benzene rings is 2. The van der Waals surface area contributed by atoms with Crippen LogP contribution in [-0.2, 0) is 0 Å². The van der Waals surface area contributed by atoms with Crippen LogP contribution in [0.25, 0.3) is 33.3 Å². The van der Waals surface area contributed by atoms with E-state index < -0.39 is 0 Å². The molecule has 0 bridgehead atoms. The number of rotatable bonds is 3. The van der Waals surface area contributed by atoms with Gasteiger partial charge in [0.25, 0.3) is 5.89 Å². The predicted molar refractivity (Wildman–Crippen MR) is 98.0 cm³/mol. The Morgan fingerprint density at radius 3 is 2.46 bits per heavy atom. The second-order valence-electron chi connectivity index (χ2n) is 5.74. The van der Waals surface area contributed by atoms with E-state index >= 15 is 0 Å². The van der Waals surface area contributed by atoms with Crippen molar-refractivity contribution >= 4 is 11.3 Å². The van der Waals surface area contributed by atoms with Gasteiger partial charge in [-0.25, -0.2) is 0 Å². The first-order valence-electron chi connectivity index (χ1n) is 7.78. The molecule has 0 unspecified atom stereocenters. The van der Waals surface area contributed by atoms with Crippen LogP contribution in [0.2, 0.25) is 0 Å². The third-order valence-electron chi connectivity index (χ3n) is 3.92. The Balaban J connectivity index is 1.71. The summed E-state index contributed by atoms with van der Waals surface area (Å²) in [5.74, 6) is 1.20. The van der Waals surface area contributed by atoms with Gasteiger partial charge in [-0.3, -0.25) is 0 Å². The van der Waals surface area contributed by atoms with E-state index in [2.05, 4.69) is 66.5 Å². The van der Waals surface area contributed by atoms with E-state index in [-0.39, 0.29) is 0 Å². The molecule has 0 saturated carbocycles. The van der Waals surface area contributed by atoms with Gasteiger partial charge in [-0.05, 0) is 37.1 Å². The fourth-order valence-corrected chi connectivity index (χ4v) is 3.68. The largest absolute Gasteiger partial charge is 0.333 e. The Bertz CT molecular complexity index is 986. The Morgan fingerprint density at radius 2 is 1.67 bits per heavy atom. The van der Waals surface area contributed by atoms with Crippen LogP contribution in [0.5, 0.6) is 0 Å². The lowest BCUT2D eigenvalue weighted by atomic mass is 10.1. The van der Waals surface area contributed by atoms with Crippen LogP contribution in [0.3, 0.4) is 0 Å². The second kappa shape index (κ2) is 6.06. The van der Waals surface area contributed by atoms with Gasteiger partial charge < -0.3 is 4.52 Å². The van der Waals surface area contributed by atoms with Crippen LogP contribution in [0.1, 0.15) is 10.4 Å². The summed E-state index contributed by atoms with van der Waals surface area (Å²) in [6, 6.07) is 20.6. The molecule has 2 heterocycles. The van der Waals surface area contributed by atoms with Crippen LogP contribution in [0.15, 0.2) is 65.2 Å². The first-order valence-corrected chi connectivity index (χ1v) is 8.59. The topological polar surface area (TPSA) is 38.9 Å². The third-order valence-corrected chi connectivity index (χ3v) is 4.95. The summed E-state index contributed by atoms with van der Waals surface area (Å²) in [5.41, 5.74) is 4.57. The van der Waals surface area contributed by atoms with E-state index in [4.69, 9.17) is 4.52 Å². The molecule has 0 saturated heterocycles. The molecular weight excluding hydrogens is 316 g/mol. The molecule has 0 aliphatic carbocycles. The molecular formula is C20H16N2OS. The van der Waals surface area contributed by atoms with Crippen LogP contribution in [0, 0.1) is 13.8 Å². The highest BCUT2D eigenvalue weighted by Gasteiger charge is 2.15. The molecule has 0 amide bonds. The van der Waals surface area contributed by atoms with E-state index in [0.717, 1.165) is 10.4 Å². The van der Waals surface area contributed by atoms with Crippen LogP contribution in [-0.4, -0.2) is 10.1 Å². The molecule has 0 fully saturated rings. The van der Waals surface area contributed by atoms with Crippen LogP contribution in [0.4, 0.5) is 0 Å². The Morgan fingerprint density at radius 1 is 0.875 bits per heavy atom. The number of hydrogen-bond acceptors (Lipinski definition) is 4. The maximum absolute atomic E-state index is 5.50. The fraction of sp³-hybridized carbons (Fsp3) is 0.100. The Kier molecular flexibility index (Phi) is 3.75. The molecule has 4 aromatic rings. The lowest BCUT2D eigenvalue weighted by molar-refractivity contribution is 0.433. The molecule has 2 aromatic heterocycles. The normalized spacial score (nSPS) is 10.9. The summed E-state index contributed by atoms with van der Waals surface area (Å²) < 4.78 is 5.50. The molecule has 24 heavy (non-hydrogen) atoms. The quantitative estimate of drug-likeness (QED) is 0.479. The second-order valence-corrected chi connectivity index (χ2v) is 7.00. The molecule has 3 nitrogen and oxygen atoms in total. The zero-order valence-electron chi connectivity index (χ0n) is 13.5. The monoisotopic (exact) mass is 332 g/mol. The lowest BCUT2D eigenvalue weighted by Crippen LogP contribution is -1.81. The van der Waals surface area contributed by atoms with Gasteiger partial charge in [0, 0.05) is 10.4 Å². The molecule has 0 aliphatic heterocycles. The molecule has 2 aromatic carbocycles. The number of thiophene rings is 1. The van der Waals surface area contributed by atoms with Gasteiger partial charge >= 0.3 is 0 Å². The smallest absolute Gasteiger partial charge is 0.268 e. The van der Waals surface area contributed by atoms with Crippen molar-refractivity contribution in [2.24, 2.45) is 0 Å². The molecule has 0 atom stereocenters. The average molecular weight is 332 g/mol.